The third kappa shape index (κ3) is 3.04. The molecule has 0 amide bonds. The van der Waals surface area contributed by atoms with E-state index in [0.717, 1.165) is 17.7 Å². The lowest BCUT2D eigenvalue weighted by Gasteiger charge is -2.13. The number of nitrogens with two attached hydrogens (primary N) is 1. The molecule has 17 heavy (non-hydrogen) atoms. The number of methoxy groups -OCH3 is 1. The maximum atomic E-state index is 6.17. The number of hydrogen-bond acceptors (Lipinski definition) is 3. The number of ether oxygens (including phenoxy) is 1. The van der Waals surface area contributed by atoms with Crippen LogP contribution in [0.2, 0.25) is 0 Å². The van der Waals surface area contributed by atoms with E-state index in [4.69, 9.17) is 10.5 Å². The molecule has 0 saturated heterocycles. The molecule has 2 rings (SSSR count). The Morgan fingerprint density at radius 3 is 2.71 bits per heavy atom. The van der Waals surface area contributed by atoms with Crippen molar-refractivity contribution >= 4 is 0 Å². The molecule has 1 aromatic heterocycles. The van der Waals surface area contributed by atoms with Gasteiger partial charge < -0.3 is 10.5 Å². The number of aromatic nitrogens is 1. The summed E-state index contributed by atoms with van der Waals surface area (Å²) in [6, 6.07) is 11.8. The van der Waals surface area contributed by atoms with Gasteiger partial charge in [0.25, 0.3) is 0 Å². The van der Waals surface area contributed by atoms with E-state index in [0.29, 0.717) is 0 Å². The highest BCUT2D eigenvalue weighted by atomic mass is 16.5. The first-order chi connectivity index (χ1) is 8.29. The Bertz CT molecular complexity index is 471. The maximum absolute atomic E-state index is 6.17. The van der Waals surface area contributed by atoms with Crippen LogP contribution >= 0.6 is 0 Å². The molecule has 0 bridgehead atoms. The second-order valence-electron chi connectivity index (χ2n) is 3.94. The molecular formula is C14H16N2O. The van der Waals surface area contributed by atoms with Gasteiger partial charge in [0.2, 0.25) is 0 Å². The van der Waals surface area contributed by atoms with Gasteiger partial charge in [0.15, 0.2) is 0 Å². The fraction of sp³-hybridized carbons (Fsp3) is 0.214. The van der Waals surface area contributed by atoms with E-state index in [1.807, 2.05) is 36.4 Å². The summed E-state index contributed by atoms with van der Waals surface area (Å²) in [5, 5.41) is 0. The minimum Gasteiger partial charge on any atom is -0.497 e. The van der Waals surface area contributed by atoms with Crippen LogP contribution in [0.15, 0.2) is 48.8 Å². The van der Waals surface area contributed by atoms with Crippen LogP contribution in [0.1, 0.15) is 17.2 Å². The van der Waals surface area contributed by atoms with Gasteiger partial charge in [-0.05, 0) is 41.8 Å². The average molecular weight is 228 g/mol. The molecule has 2 aromatic rings. The Balaban J connectivity index is 2.11. The van der Waals surface area contributed by atoms with Crippen LogP contribution in [-0.4, -0.2) is 12.1 Å². The first-order valence-electron chi connectivity index (χ1n) is 5.58. The van der Waals surface area contributed by atoms with Crippen LogP contribution in [0.5, 0.6) is 5.75 Å². The molecule has 1 unspecified atom stereocenters. The highest BCUT2D eigenvalue weighted by Crippen LogP contribution is 2.20. The van der Waals surface area contributed by atoms with Crippen molar-refractivity contribution < 1.29 is 4.74 Å². The van der Waals surface area contributed by atoms with Crippen LogP contribution in [0.4, 0.5) is 0 Å². The summed E-state index contributed by atoms with van der Waals surface area (Å²) >= 11 is 0. The third-order valence-corrected chi connectivity index (χ3v) is 2.73. The topological polar surface area (TPSA) is 48.1 Å². The lowest BCUT2D eigenvalue weighted by Crippen LogP contribution is -2.13. The molecule has 0 aliphatic carbocycles. The number of pyridine rings is 1. The van der Waals surface area contributed by atoms with Gasteiger partial charge in [-0.1, -0.05) is 12.1 Å². The Kier molecular flexibility index (Phi) is 3.73. The molecule has 0 fully saturated rings. The van der Waals surface area contributed by atoms with Crippen molar-refractivity contribution in [2.45, 2.75) is 12.5 Å². The van der Waals surface area contributed by atoms with Crippen molar-refractivity contribution in [2.75, 3.05) is 7.11 Å². The Labute approximate surface area is 101 Å². The van der Waals surface area contributed by atoms with E-state index in [1.54, 1.807) is 19.5 Å². The Morgan fingerprint density at radius 1 is 1.24 bits per heavy atom. The molecule has 0 spiro atoms. The zero-order valence-corrected chi connectivity index (χ0v) is 9.84. The molecule has 2 N–H and O–H groups in total. The molecule has 0 saturated carbocycles. The fourth-order valence-corrected chi connectivity index (χ4v) is 1.76. The summed E-state index contributed by atoms with van der Waals surface area (Å²) in [5.41, 5.74) is 8.45. The zero-order chi connectivity index (χ0) is 12.1. The zero-order valence-electron chi connectivity index (χ0n) is 9.84. The SMILES string of the molecule is COc1cccc(C(N)Cc2ccncc2)c1. The average Bonchev–Trinajstić information content (AvgIpc) is 2.40. The van der Waals surface area contributed by atoms with E-state index >= 15 is 0 Å². The summed E-state index contributed by atoms with van der Waals surface area (Å²) in [5.74, 6) is 0.840. The van der Waals surface area contributed by atoms with Crippen LogP contribution in [-0.2, 0) is 6.42 Å². The Morgan fingerprint density at radius 2 is 2.00 bits per heavy atom. The predicted octanol–water partition coefficient (Wildman–Crippen LogP) is 2.33. The second-order valence-corrected chi connectivity index (χ2v) is 3.94. The molecule has 3 heteroatoms. The molecule has 88 valence electrons. The monoisotopic (exact) mass is 228 g/mol. The predicted molar refractivity (Wildman–Crippen MR) is 67.9 cm³/mol. The van der Waals surface area contributed by atoms with Gasteiger partial charge in [-0.15, -0.1) is 0 Å². The summed E-state index contributed by atoms with van der Waals surface area (Å²) < 4.78 is 5.19. The summed E-state index contributed by atoms with van der Waals surface area (Å²) in [4.78, 5) is 3.99. The number of hydrogen-bond donors (Lipinski definition) is 1. The van der Waals surface area contributed by atoms with Gasteiger partial charge in [0, 0.05) is 18.4 Å². The van der Waals surface area contributed by atoms with Crippen LogP contribution in [0.25, 0.3) is 0 Å². The van der Waals surface area contributed by atoms with Crippen molar-refractivity contribution in [3.05, 3.63) is 59.9 Å². The van der Waals surface area contributed by atoms with E-state index in [-0.39, 0.29) is 6.04 Å². The second kappa shape index (κ2) is 5.46. The summed E-state index contributed by atoms with van der Waals surface area (Å²) in [6.45, 7) is 0. The number of nitrogens with zero attached hydrogens (tertiary/aromatic N) is 1. The first kappa shape index (κ1) is 11.6. The molecule has 0 radical (unpaired) electrons. The van der Waals surface area contributed by atoms with Gasteiger partial charge in [-0.3, -0.25) is 4.98 Å². The summed E-state index contributed by atoms with van der Waals surface area (Å²) in [7, 11) is 1.66. The normalized spacial score (nSPS) is 12.1. The van der Waals surface area contributed by atoms with E-state index in [9.17, 15) is 0 Å². The minimum atomic E-state index is -0.0208. The van der Waals surface area contributed by atoms with Gasteiger partial charge in [-0.2, -0.15) is 0 Å². The van der Waals surface area contributed by atoms with E-state index in [1.165, 1.54) is 5.56 Å². The highest BCUT2D eigenvalue weighted by Gasteiger charge is 2.07. The quantitative estimate of drug-likeness (QED) is 0.873. The molecule has 0 aliphatic rings. The van der Waals surface area contributed by atoms with Gasteiger partial charge >= 0.3 is 0 Å². The molecule has 0 aliphatic heterocycles. The molecule has 1 heterocycles. The van der Waals surface area contributed by atoms with Crippen LogP contribution in [0, 0.1) is 0 Å². The molecular weight excluding hydrogens is 212 g/mol. The lowest BCUT2D eigenvalue weighted by molar-refractivity contribution is 0.414. The largest absolute Gasteiger partial charge is 0.497 e. The number of rotatable bonds is 4. The number of benzene rings is 1. The van der Waals surface area contributed by atoms with Crippen molar-refractivity contribution in [1.29, 1.82) is 0 Å². The fourth-order valence-electron chi connectivity index (χ4n) is 1.76. The summed E-state index contributed by atoms with van der Waals surface area (Å²) in [6.07, 6.45) is 4.37. The van der Waals surface area contributed by atoms with Gasteiger partial charge in [-0.25, -0.2) is 0 Å². The van der Waals surface area contributed by atoms with E-state index in [2.05, 4.69) is 4.98 Å². The van der Waals surface area contributed by atoms with E-state index < -0.39 is 0 Å². The Hall–Kier alpha value is -1.87. The van der Waals surface area contributed by atoms with Gasteiger partial charge in [0.05, 0.1) is 7.11 Å². The van der Waals surface area contributed by atoms with Crippen LogP contribution < -0.4 is 10.5 Å². The van der Waals surface area contributed by atoms with Crippen molar-refractivity contribution in [2.24, 2.45) is 5.73 Å². The maximum Gasteiger partial charge on any atom is 0.119 e. The van der Waals surface area contributed by atoms with Gasteiger partial charge in [0.1, 0.15) is 5.75 Å². The third-order valence-electron chi connectivity index (χ3n) is 2.73. The lowest BCUT2D eigenvalue weighted by atomic mass is 10.0. The van der Waals surface area contributed by atoms with Crippen molar-refractivity contribution in [3.63, 3.8) is 0 Å². The molecule has 1 atom stereocenters. The molecule has 1 aromatic carbocycles. The standard InChI is InChI=1S/C14H16N2O/c1-17-13-4-2-3-12(10-13)14(15)9-11-5-7-16-8-6-11/h2-8,10,14H,9,15H2,1H3. The molecule has 3 nitrogen and oxygen atoms in total. The minimum absolute atomic E-state index is 0.0208. The smallest absolute Gasteiger partial charge is 0.119 e. The van der Waals surface area contributed by atoms with Crippen molar-refractivity contribution in [3.8, 4) is 5.75 Å². The first-order valence-corrected chi connectivity index (χ1v) is 5.58. The van der Waals surface area contributed by atoms with Crippen LogP contribution in [0.3, 0.4) is 0 Å². The van der Waals surface area contributed by atoms with Crippen molar-refractivity contribution in [1.82, 2.24) is 4.98 Å². The highest BCUT2D eigenvalue weighted by molar-refractivity contribution is 5.31.